The zero-order valence-electron chi connectivity index (χ0n) is 8.03. The van der Waals surface area contributed by atoms with E-state index in [9.17, 15) is 4.79 Å². The summed E-state index contributed by atoms with van der Waals surface area (Å²) in [7, 11) is 0. The molecule has 15 heavy (non-hydrogen) atoms. The number of ether oxygens (including phenoxy) is 2. The monoisotopic (exact) mass is 206 g/mol. The summed E-state index contributed by atoms with van der Waals surface area (Å²) >= 11 is 0. The molecule has 0 amide bonds. The molecular weight excluding hydrogens is 196 g/mol. The second-order valence-corrected chi connectivity index (χ2v) is 3.14. The number of hydrogen-bond acceptors (Lipinski definition) is 3. The minimum Gasteiger partial charge on any atom is -0.486 e. The summed E-state index contributed by atoms with van der Waals surface area (Å²) in [4.78, 5) is 10.7. The lowest BCUT2D eigenvalue weighted by Gasteiger charge is -2.18. The van der Waals surface area contributed by atoms with Crippen LogP contribution in [0.3, 0.4) is 0 Å². The Labute approximate surface area is 86.7 Å². The maximum atomic E-state index is 10.7. The SMILES string of the molecule is C=C(C(=O)O)c1ccc2c(c1)OCCO2. The van der Waals surface area contributed by atoms with Crippen LogP contribution in [0, 0.1) is 0 Å². The van der Waals surface area contributed by atoms with Crippen molar-refractivity contribution in [1.82, 2.24) is 0 Å². The highest BCUT2D eigenvalue weighted by Crippen LogP contribution is 2.32. The largest absolute Gasteiger partial charge is 0.486 e. The van der Waals surface area contributed by atoms with Crippen molar-refractivity contribution < 1.29 is 19.4 Å². The molecule has 1 heterocycles. The van der Waals surface area contributed by atoms with Crippen molar-refractivity contribution >= 4 is 11.5 Å². The van der Waals surface area contributed by atoms with Crippen LogP contribution in [0.4, 0.5) is 0 Å². The molecule has 4 heteroatoms. The molecule has 1 N–H and O–H groups in total. The molecule has 0 atom stereocenters. The van der Waals surface area contributed by atoms with E-state index < -0.39 is 5.97 Å². The molecule has 0 aromatic heterocycles. The van der Waals surface area contributed by atoms with Crippen LogP contribution < -0.4 is 9.47 Å². The van der Waals surface area contributed by atoms with Gasteiger partial charge in [0, 0.05) is 0 Å². The fourth-order valence-corrected chi connectivity index (χ4v) is 1.35. The predicted octanol–water partition coefficient (Wildman–Crippen LogP) is 1.56. The van der Waals surface area contributed by atoms with Gasteiger partial charge in [0.15, 0.2) is 11.5 Å². The first-order chi connectivity index (χ1) is 7.18. The number of hydrogen-bond donors (Lipinski definition) is 1. The molecular formula is C11H10O4. The highest BCUT2D eigenvalue weighted by atomic mass is 16.6. The van der Waals surface area contributed by atoms with E-state index in [0.717, 1.165) is 0 Å². The van der Waals surface area contributed by atoms with Crippen molar-refractivity contribution in [3.63, 3.8) is 0 Å². The molecule has 0 unspecified atom stereocenters. The van der Waals surface area contributed by atoms with Crippen LogP contribution >= 0.6 is 0 Å². The average Bonchev–Trinajstić information content (AvgIpc) is 2.27. The van der Waals surface area contributed by atoms with Gasteiger partial charge in [-0.3, -0.25) is 0 Å². The van der Waals surface area contributed by atoms with Crippen molar-refractivity contribution in [2.24, 2.45) is 0 Å². The Bertz CT molecular complexity index is 423. The Morgan fingerprint density at radius 3 is 2.60 bits per heavy atom. The molecule has 0 saturated heterocycles. The van der Waals surface area contributed by atoms with Gasteiger partial charge in [0.1, 0.15) is 13.2 Å². The van der Waals surface area contributed by atoms with E-state index in [1.165, 1.54) is 0 Å². The number of fused-ring (bicyclic) bond motifs is 1. The molecule has 2 rings (SSSR count). The third-order valence-electron chi connectivity index (χ3n) is 2.15. The van der Waals surface area contributed by atoms with E-state index in [1.807, 2.05) is 0 Å². The van der Waals surface area contributed by atoms with Crippen molar-refractivity contribution in [2.75, 3.05) is 13.2 Å². The molecule has 0 spiro atoms. The van der Waals surface area contributed by atoms with Crippen molar-refractivity contribution in [2.45, 2.75) is 0 Å². The fourth-order valence-electron chi connectivity index (χ4n) is 1.35. The maximum Gasteiger partial charge on any atom is 0.335 e. The normalized spacial score (nSPS) is 13.3. The summed E-state index contributed by atoms with van der Waals surface area (Å²) < 4.78 is 10.7. The Balaban J connectivity index is 2.36. The number of carboxylic acids is 1. The summed E-state index contributed by atoms with van der Waals surface area (Å²) in [5.41, 5.74) is 0.582. The molecule has 1 aromatic rings. The first-order valence-electron chi connectivity index (χ1n) is 4.50. The first-order valence-corrected chi connectivity index (χ1v) is 4.50. The van der Waals surface area contributed by atoms with Gasteiger partial charge in [-0.25, -0.2) is 4.79 Å². The van der Waals surface area contributed by atoms with Gasteiger partial charge in [-0.1, -0.05) is 12.6 Å². The van der Waals surface area contributed by atoms with Crippen molar-refractivity contribution in [3.8, 4) is 11.5 Å². The molecule has 1 aliphatic heterocycles. The Morgan fingerprint density at radius 1 is 1.27 bits per heavy atom. The maximum absolute atomic E-state index is 10.7. The molecule has 1 aliphatic rings. The molecule has 78 valence electrons. The lowest BCUT2D eigenvalue weighted by Crippen LogP contribution is -2.15. The smallest absolute Gasteiger partial charge is 0.335 e. The van der Waals surface area contributed by atoms with Gasteiger partial charge in [0.2, 0.25) is 0 Å². The van der Waals surface area contributed by atoms with E-state index in [4.69, 9.17) is 14.6 Å². The van der Waals surface area contributed by atoms with Gasteiger partial charge >= 0.3 is 5.97 Å². The van der Waals surface area contributed by atoms with Crippen molar-refractivity contribution in [1.29, 1.82) is 0 Å². The zero-order valence-corrected chi connectivity index (χ0v) is 8.03. The van der Waals surface area contributed by atoms with Crippen molar-refractivity contribution in [3.05, 3.63) is 30.3 Å². The van der Waals surface area contributed by atoms with E-state index in [1.54, 1.807) is 18.2 Å². The summed E-state index contributed by atoms with van der Waals surface area (Å²) in [5, 5.41) is 8.77. The van der Waals surface area contributed by atoms with Crippen LogP contribution in [-0.2, 0) is 4.79 Å². The molecule has 0 fully saturated rings. The van der Waals surface area contributed by atoms with E-state index in [0.29, 0.717) is 30.3 Å². The minimum absolute atomic E-state index is 0.0481. The summed E-state index contributed by atoms with van der Waals surface area (Å²) in [6, 6.07) is 4.98. The van der Waals surface area contributed by atoms with Crippen LogP contribution in [0.2, 0.25) is 0 Å². The van der Waals surface area contributed by atoms with Gasteiger partial charge in [-0.2, -0.15) is 0 Å². The average molecular weight is 206 g/mol. The molecule has 0 aliphatic carbocycles. The summed E-state index contributed by atoms with van der Waals surface area (Å²) in [6.07, 6.45) is 0. The zero-order chi connectivity index (χ0) is 10.8. The van der Waals surface area contributed by atoms with Gasteiger partial charge in [-0.15, -0.1) is 0 Å². The van der Waals surface area contributed by atoms with Crippen LogP contribution in [0.15, 0.2) is 24.8 Å². The topological polar surface area (TPSA) is 55.8 Å². The Morgan fingerprint density at radius 2 is 1.93 bits per heavy atom. The number of carboxylic acid groups (broad SMARTS) is 1. The number of carbonyl (C=O) groups is 1. The predicted molar refractivity (Wildman–Crippen MR) is 54.1 cm³/mol. The van der Waals surface area contributed by atoms with Gasteiger partial charge in [0.05, 0.1) is 5.57 Å². The Kier molecular flexibility index (Phi) is 2.33. The van der Waals surface area contributed by atoms with Crippen LogP contribution in [0.1, 0.15) is 5.56 Å². The number of rotatable bonds is 2. The van der Waals surface area contributed by atoms with Gasteiger partial charge in [0.25, 0.3) is 0 Å². The van der Waals surface area contributed by atoms with E-state index >= 15 is 0 Å². The first kappa shape index (κ1) is 9.58. The quantitative estimate of drug-likeness (QED) is 0.746. The molecule has 1 aromatic carbocycles. The molecule has 0 bridgehead atoms. The highest BCUT2D eigenvalue weighted by molar-refractivity contribution is 6.14. The molecule has 0 saturated carbocycles. The highest BCUT2D eigenvalue weighted by Gasteiger charge is 2.14. The summed E-state index contributed by atoms with van der Waals surface area (Å²) in [6.45, 7) is 4.48. The minimum atomic E-state index is -1.04. The van der Waals surface area contributed by atoms with Crippen LogP contribution in [0.5, 0.6) is 11.5 Å². The number of benzene rings is 1. The lowest BCUT2D eigenvalue weighted by atomic mass is 10.1. The molecule has 0 radical (unpaired) electrons. The van der Waals surface area contributed by atoms with Crippen LogP contribution in [-0.4, -0.2) is 24.3 Å². The van der Waals surface area contributed by atoms with E-state index in [2.05, 4.69) is 6.58 Å². The third-order valence-corrected chi connectivity index (χ3v) is 2.15. The molecule has 4 nitrogen and oxygen atoms in total. The fraction of sp³-hybridized carbons (Fsp3) is 0.182. The van der Waals surface area contributed by atoms with Gasteiger partial charge in [-0.05, 0) is 17.7 Å². The third kappa shape index (κ3) is 1.79. The van der Waals surface area contributed by atoms with E-state index in [-0.39, 0.29) is 5.57 Å². The lowest BCUT2D eigenvalue weighted by molar-refractivity contribution is -0.130. The Hall–Kier alpha value is -1.97. The number of aliphatic carboxylic acids is 1. The van der Waals surface area contributed by atoms with Gasteiger partial charge < -0.3 is 14.6 Å². The standard InChI is InChI=1S/C11H10O4/c1-7(11(12)13)8-2-3-9-10(6-8)15-5-4-14-9/h2-3,6H,1,4-5H2,(H,12,13). The van der Waals surface area contributed by atoms with Crippen LogP contribution in [0.25, 0.3) is 5.57 Å². The second-order valence-electron chi connectivity index (χ2n) is 3.14. The summed E-state index contributed by atoms with van der Waals surface area (Å²) in [5.74, 6) is 0.177. The second kappa shape index (κ2) is 3.65.